The maximum Gasteiger partial charge on any atom is 0.271 e. The van der Waals surface area contributed by atoms with E-state index < -0.39 is 0 Å². The van der Waals surface area contributed by atoms with E-state index >= 15 is 0 Å². The van der Waals surface area contributed by atoms with Gasteiger partial charge >= 0.3 is 0 Å². The molecular weight excluding hydrogens is 230 g/mol. The third-order valence-electron chi connectivity index (χ3n) is 2.80. The summed E-state index contributed by atoms with van der Waals surface area (Å²) in [6.07, 6.45) is 1.63. The van der Waals surface area contributed by atoms with Gasteiger partial charge in [-0.1, -0.05) is 6.07 Å². The molecule has 6 heteroatoms. The van der Waals surface area contributed by atoms with Crippen molar-refractivity contribution >= 4 is 5.91 Å². The molecule has 0 saturated carbocycles. The summed E-state index contributed by atoms with van der Waals surface area (Å²) in [4.78, 5) is 15.9. The lowest BCUT2D eigenvalue weighted by atomic mass is 10.1. The van der Waals surface area contributed by atoms with Crippen molar-refractivity contribution in [2.45, 2.75) is 6.54 Å². The number of hydrogen-bond acceptors (Lipinski definition) is 4. The average molecular weight is 239 g/mol. The lowest BCUT2D eigenvalue weighted by Gasteiger charge is -2.13. The number of carbonyl (C=O) groups excluding carboxylic acids is 1. The average Bonchev–Trinajstić information content (AvgIpc) is 2.79. The van der Waals surface area contributed by atoms with Crippen molar-refractivity contribution in [1.82, 2.24) is 20.1 Å². The molecule has 1 aliphatic rings. The summed E-state index contributed by atoms with van der Waals surface area (Å²) >= 11 is 0. The minimum atomic E-state index is -0.257. The Balaban J connectivity index is 2.24. The molecule has 1 amide bonds. The largest absolute Gasteiger partial charge is 0.349 e. The number of nitriles is 1. The first kappa shape index (κ1) is 10.5. The predicted molar refractivity (Wildman–Crippen MR) is 62.5 cm³/mol. The maximum atomic E-state index is 11.8. The Bertz CT molecular complexity index is 653. The van der Waals surface area contributed by atoms with Crippen molar-refractivity contribution in [1.29, 1.82) is 5.26 Å². The second-order valence-corrected chi connectivity index (χ2v) is 3.88. The number of hydrogen-bond donors (Lipinski definition) is 1. The fraction of sp³-hybridized carbons (Fsp3) is 0.167. The number of pyridine rings is 1. The van der Waals surface area contributed by atoms with E-state index in [1.165, 1.54) is 0 Å². The molecule has 1 aliphatic heterocycles. The van der Waals surface area contributed by atoms with Crippen LogP contribution in [0.2, 0.25) is 0 Å². The van der Waals surface area contributed by atoms with Crippen LogP contribution in [0.3, 0.4) is 0 Å². The summed E-state index contributed by atoms with van der Waals surface area (Å²) in [5.74, 6) is -0.257. The first-order chi connectivity index (χ1) is 8.81. The second-order valence-electron chi connectivity index (χ2n) is 3.88. The number of aromatic nitrogens is 3. The summed E-state index contributed by atoms with van der Waals surface area (Å²) in [6.45, 7) is 1.10. The number of amides is 1. The van der Waals surface area contributed by atoms with Crippen molar-refractivity contribution < 1.29 is 4.79 Å². The molecule has 6 nitrogen and oxygen atoms in total. The topological polar surface area (TPSA) is 83.6 Å². The van der Waals surface area contributed by atoms with Crippen LogP contribution < -0.4 is 5.32 Å². The van der Waals surface area contributed by atoms with Crippen molar-refractivity contribution in [2.75, 3.05) is 6.54 Å². The number of rotatable bonds is 1. The highest BCUT2D eigenvalue weighted by Crippen LogP contribution is 2.24. The van der Waals surface area contributed by atoms with Crippen LogP contribution in [0.25, 0.3) is 11.4 Å². The van der Waals surface area contributed by atoms with Gasteiger partial charge in [-0.3, -0.25) is 14.5 Å². The molecule has 2 aromatic rings. The number of fused-ring (bicyclic) bond motifs is 1. The molecular formula is C12H9N5O. The van der Waals surface area contributed by atoms with Crippen LogP contribution >= 0.6 is 0 Å². The molecule has 88 valence electrons. The molecule has 2 aromatic heterocycles. The van der Waals surface area contributed by atoms with Gasteiger partial charge in [0.25, 0.3) is 5.91 Å². The first-order valence-electron chi connectivity index (χ1n) is 5.52. The zero-order valence-electron chi connectivity index (χ0n) is 9.42. The molecule has 18 heavy (non-hydrogen) atoms. The van der Waals surface area contributed by atoms with E-state index in [4.69, 9.17) is 0 Å². The van der Waals surface area contributed by atoms with Gasteiger partial charge in [0.1, 0.15) is 23.0 Å². The van der Waals surface area contributed by atoms with Gasteiger partial charge in [0.2, 0.25) is 0 Å². The molecule has 3 rings (SSSR count). The van der Waals surface area contributed by atoms with Gasteiger partial charge in [-0.15, -0.1) is 0 Å². The summed E-state index contributed by atoms with van der Waals surface area (Å²) in [5, 5.41) is 16.3. The van der Waals surface area contributed by atoms with Crippen LogP contribution in [-0.4, -0.2) is 27.2 Å². The molecule has 0 fully saturated rings. The molecule has 0 radical (unpaired) electrons. The summed E-state index contributed by atoms with van der Waals surface area (Å²) < 4.78 is 1.57. The lowest BCUT2D eigenvalue weighted by molar-refractivity contribution is 0.0924. The van der Waals surface area contributed by atoms with Gasteiger partial charge < -0.3 is 5.32 Å². The Kier molecular flexibility index (Phi) is 2.31. The normalized spacial score (nSPS) is 13.6. The Morgan fingerprint density at radius 3 is 3.06 bits per heavy atom. The predicted octanol–water partition coefficient (Wildman–Crippen LogP) is 0.560. The van der Waals surface area contributed by atoms with Crippen LogP contribution in [0.4, 0.5) is 0 Å². The molecule has 0 unspecified atom stereocenters. The minimum absolute atomic E-state index is 0.257. The summed E-state index contributed by atoms with van der Waals surface area (Å²) in [6, 6.07) is 7.43. The SMILES string of the molecule is N#Cc1c(-c2ccccn2)nn2c1C(=O)NCC2. The van der Waals surface area contributed by atoms with Crippen LogP contribution in [0.15, 0.2) is 24.4 Å². The van der Waals surface area contributed by atoms with E-state index in [0.717, 1.165) is 0 Å². The zero-order valence-corrected chi connectivity index (χ0v) is 9.42. The van der Waals surface area contributed by atoms with Crippen LogP contribution in [0.5, 0.6) is 0 Å². The minimum Gasteiger partial charge on any atom is -0.349 e. The monoisotopic (exact) mass is 239 g/mol. The smallest absolute Gasteiger partial charge is 0.271 e. The molecule has 0 bridgehead atoms. The maximum absolute atomic E-state index is 11.8. The summed E-state index contributed by atoms with van der Waals surface area (Å²) in [5.41, 5.74) is 1.67. The van der Waals surface area contributed by atoms with E-state index in [1.807, 2.05) is 12.1 Å². The zero-order chi connectivity index (χ0) is 12.5. The highest BCUT2D eigenvalue weighted by molar-refractivity contribution is 5.97. The van der Waals surface area contributed by atoms with E-state index in [2.05, 4.69) is 15.4 Å². The van der Waals surface area contributed by atoms with Crippen molar-refractivity contribution in [2.24, 2.45) is 0 Å². The third kappa shape index (κ3) is 1.45. The van der Waals surface area contributed by atoms with Gasteiger partial charge in [0.05, 0.1) is 12.2 Å². The standard InChI is InChI=1S/C12H9N5O/c13-7-8-10(9-3-1-2-4-14-9)16-17-6-5-15-12(18)11(8)17/h1-4H,5-6H2,(H,15,18). The Hall–Kier alpha value is -2.68. The fourth-order valence-corrected chi connectivity index (χ4v) is 2.00. The van der Waals surface area contributed by atoms with E-state index in [9.17, 15) is 10.1 Å². The molecule has 0 saturated heterocycles. The molecule has 0 aromatic carbocycles. The molecule has 0 atom stereocenters. The number of nitrogens with one attached hydrogen (secondary N) is 1. The summed E-state index contributed by atoms with van der Waals surface area (Å²) in [7, 11) is 0. The Morgan fingerprint density at radius 2 is 2.33 bits per heavy atom. The van der Waals surface area contributed by atoms with Gasteiger partial charge in [0, 0.05) is 12.7 Å². The Morgan fingerprint density at radius 1 is 1.44 bits per heavy atom. The fourth-order valence-electron chi connectivity index (χ4n) is 2.00. The van der Waals surface area contributed by atoms with Crippen molar-refractivity contribution in [3.8, 4) is 17.5 Å². The quantitative estimate of drug-likeness (QED) is 0.788. The lowest BCUT2D eigenvalue weighted by Crippen LogP contribution is -2.36. The number of carbonyl (C=O) groups is 1. The Labute approximate surface area is 103 Å². The van der Waals surface area contributed by atoms with E-state index in [1.54, 1.807) is 23.0 Å². The van der Waals surface area contributed by atoms with E-state index in [0.29, 0.717) is 30.2 Å². The van der Waals surface area contributed by atoms with Crippen molar-refractivity contribution in [3.05, 3.63) is 35.7 Å². The molecule has 1 N–H and O–H groups in total. The molecule has 0 aliphatic carbocycles. The molecule has 3 heterocycles. The van der Waals surface area contributed by atoms with E-state index in [-0.39, 0.29) is 11.5 Å². The number of nitrogens with zero attached hydrogens (tertiary/aromatic N) is 4. The molecule has 0 spiro atoms. The highest BCUT2D eigenvalue weighted by atomic mass is 16.2. The van der Waals surface area contributed by atoms with Gasteiger partial charge in [0.15, 0.2) is 0 Å². The van der Waals surface area contributed by atoms with Gasteiger partial charge in [-0.05, 0) is 12.1 Å². The highest BCUT2D eigenvalue weighted by Gasteiger charge is 2.27. The third-order valence-corrected chi connectivity index (χ3v) is 2.80. The van der Waals surface area contributed by atoms with Crippen LogP contribution in [-0.2, 0) is 6.54 Å². The van der Waals surface area contributed by atoms with Crippen molar-refractivity contribution in [3.63, 3.8) is 0 Å². The van der Waals surface area contributed by atoms with Gasteiger partial charge in [-0.25, -0.2) is 0 Å². The van der Waals surface area contributed by atoms with Gasteiger partial charge in [-0.2, -0.15) is 10.4 Å². The van der Waals surface area contributed by atoms with Crippen LogP contribution in [0, 0.1) is 11.3 Å². The first-order valence-corrected chi connectivity index (χ1v) is 5.52. The second kappa shape index (κ2) is 3.96. The van der Waals surface area contributed by atoms with Crippen LogP contribution in [0.1, 0.15) is 16.1 Å².